The Morgan fingerprint density at radius 1 is 1.23 bits per heavy atom. The van der Waals surface area contributed by atoms with Crippen molar-refractivity contribution in [2.75, 3.05) is 19.7 Å². The first-order valence-electron chi connectivity index (χ1n) is 7.04. The van der Waals surface area contributed by atoms with Gasteiger partial charge < -0.3 is 4.74 Å². The van der Waals surface area contributed by atoms with E-state index in [0.29, 0.717) is 23.9 Å². The summed E-state index contributed by atoms with van der Waals surface area (Å²) in [4.78, 5) is 8.82. The molecule has 0 N–H and O–H groups in total. The van der Waals surface area contributed by atoms with Crippen molar-refractivity contribution in [1.82, 2.24) is 14.3 Å². The summed E-state index contributed by atoms with van der Waals surface area (Å²) < 4.78 is 32.4. The zero-order valence-corrected chi connectivity index (χ0v) is 13.0. The van der Waals surface area contributed by atoms with E-state index in [1.807, 2.05) is 6.92 Å². The molecule has 0 spiro atoms. The molecule has 3 rings (SSSR count). The minimum atomic E-state index is -3.52. The topological polar surface area (TPSA) is 72.4 Å². The highest BCUT2D eigenvalue weighted by Gasteiger charge is 2.32. The van der Waals surface area contributed by atoms with Crippen molar-refractivity contribution in [3.63, 3.8) is 0 Å². The molecule has 0 bridgehead atoms. The van der Waals surface area contributed by atoms with Gasteiger partial charge in [0.2, 0.25) is 10.0 Å². The summed E-state index contributed by atoms with van der Waals surface area (Å²) in [5.41, 5.74) is 0.830. The Balaban J connectivity index is 1.84. The number of hydrogen-bond acceptors (Lipinski definition) is 5. The van der Waals surface area contributed by atoms with E-state index in [1.165, 1.54) is 4.31 Å². The number of aryl methyl sites for hydroxylation is 1. The second-order valence-corrected chi connectivity index (χ2v) is 7.03. The molecule has 0 unspecified atom stereocenters. The maximum Gasteiger partial charge on any atom is 0.243 e. The van der Waals surface area contributed by atoms with Crippen molar-refractivity contribution in [3.8, 4) is 0 Å². The second kappa shape index (κ2) is 6.12. The van der Waals surface area contributed by atoms with Gasteiger partial charge in [-0.05, 0) is 25.1 Å². The highest BCUT2D eigenvalue weighted by Crippen LogP contribution is 2.24. The molecule has 1 aliphatic heterocycles. The molecule has 0 radical (unpaired) electrons. The van der Waals surface area contributed by atoms with E-state index in [-0.39, 0.29) is 6.54 Å². The molecule has 1 aliphatic rings. The first-order chi connectivity index (χ1) is 10.6. The van der Waals surface area contributed by atoms with E-state index < -0.39 is 16.1 Å². The average molecular weight is 319 g/mol. The van der Waals surface area contributed by atoms with Crippen LogP contribution in [0.25, 0.3) is 0 Å². The largest absolute Gasteiger partial charge is 0.367 e. The molecule has 1 aromatic heterocycles. The molecule has 2 heterocycles. The van der Waals surface area contributed by atoms with E-state index in [0.717, 1.165) is 5.69 Å². The summed E-state index contributed by atoms with van der Waals surface area (Å²) in [5.74, 6) is 0.521. The summed E-state index contributed by atoms with van der Waals surface area (Å²) in [6, 6.07) is 10.2. The fraction of sp³-hybridized carbons (Fsp3) is 0.333. The van der Waals surface area contributed by atoms with Crippen LogP contribution in [0, 0.1) is 6.92 Å². The van der Waals surface area contributed by atoms with Gasteiger partial charge in [-0.2, -0.15) is 4.31 Å². The number of ether oxygens (including phenoxy) is 1. The van der Waals surface area contributed by atoms with Crippen molar-refractivity contribution < 1.29 is 13.2 Å². The van der Waals surface area contributed by atoms with Gasteiger partial charge in [0.05, 0.1) is 11.5 Å². The summed E-state index contributed by atoms with van der Waals surface area (Å²) >= 11 is 0. The predicted octanol–water partition coefficient (Wildman–Crippen LogP) is 1.55. The van der Waals surface area contributed by atoms with Crippen LogP contribution in [-0.2, 0) is 14.8 Å². The fourth-order valence-corrected chi connectivity index (χ4v) is 3.81. The lowest BCUT2D eigenvalue weighted by Crippen LogP contribution is -2.42. The number of aromatic nitrogens is 2. The van der Waals surface area contributed by atoms with Gasteiger partial charge in [0.1, 0.15) is 6.10 Å². The monoisotopic (exact) mass is 319 g/mol. The third kappa shape index (κ3) is 3.01. The second-order valence-electron chi connectivity index (χ2n) is 5.09. The van der Waals surface area contributed by atoms with Crippen molar-refractivity contribution in [1.29, 1.82) is 0 Å². The van der Waals surface area contributed by atoms with Crippen LogP contribution in [0.2, 0.25) is 0 Å². The molecule has 1 saturated heterocycles. The Kier molecular flexibility index (Phi) is 4.19. The molecule has 0 saturated carbocycles. The lowest BCUT2D eigenvalue weighted by molar-refractivity contribution is -0.00761. The van der Waals surface area contributed by atoms with Crippen LogP contribution >= 0.6 is 0 Å². The molecule has 116 valence electrons. The van der Waals surface area contributed by atoms with Gasteiger partial charge in [-0.25, -0.2) is 18.4 Å². The molecule has 0 aliphatic carbocycles. The standard InChI is InChI=1S/C15H17N3O3S/c1-12-7-8-16-15(17-12)14-11-18(9-10-21-14)22(19,20)13-5-3-2-4-6-13/h2-8,14H,9-11H2,1H3/t14-/m1/s1. The highest BCUT2D eigenvalue weighted by molar-refractivity contribution is 7.89. The molecule has 22 heavy (non-hydrogen) atoms. The number of benzene rings is 1. The maximum atomic E-state index is 12.7. The Bertz CT molecular complexity index is 750. The molecule has 2 aromatic rings. The number of nitrogens with zero attached hydrogens (tertiary/aromatic N) is 3. The van der Waals surface area contributed by atoms with Crippen molar-refractivity contribution >= 4 is 10.0 Å². The Morgan fingerprint density at radius 2 is 2.00 bits per heavy atom. The first-order valence-corrected chi connectivity index (χ1v) is 8.48. The summed E-state index contributed by atoms with van der Waals surface area (Å²) in [5, 5.41) is 0. The van der Waals surface area contributed by atoms with Crippen LogP contribution in [0.15, 0.2) is 47.5 Å². The zero-order chi connectivity index (χ0) is 15.6. The lowest BCUT2D eigenvalue weighted by Gasteiger charge is -2.31. The zero-order valence-electron chi connectivity index (χ0n) is 12.2. The molecular formula is C15H17N3O3S. The molecule has 1 fully saturated rings. The molecule has 1 atom stereocenters. The third-order valence-electron chi connectivity index (χ3n) is 3.51. The third-order valence-corrected chi connectivity index (χ3v) is 5.39. The van der Waals surface area contributed by atoms with Crippen molar-refractivity contribution in [2.45, 2.75) is 17.9 Å². The van der Waals surface area contributed by atoms with Crippen LogP contribution in [0.4, 0.5) is 0 Å². The van der Waals surface area contributed by atoms with Crippen LogP contribution < -0.4 is 0 Å². The van der Waals surface area contributed by atoms with Gasteiger partial charge in [0, 0.05) is 25.0 Å². The van der Waals surface area contributed by atoms with E-state index in [1.54, 1.807) is 42.6 Å². The normalized spacial score (nSPS) is 20.0. The number of rotatable bonds is 3. The van der Waals surface area contributed by atoms with Crippen LogP contribution in [-0.4, -0.2) is 42.4 Å². The van der Waals surface area contributed by atoms with E-state index in [9.17, 15) is 8.42 Å². The molecule has 0 amide bonds. The predicted molar refractivity (Wildman–Crippen MR) is 80.7 cm³/mol. The fourth-order valence-electron chi connectivity index (χ4n) is 2.37. The van der Waals surface area contributed by atoms with Crippen molar-refractivity contribution in [2.24, 2.45) is 0 Å². The van der Waals surface area contributed by atoms with Gasteiger partial charge >= 0.3 is 0 Å². The van der Waals surface area contributed by atoms with E-state index in [4.69, 9.17) is 4.74 Å². The van der Waals surface area contributed by atoms with Gasteiger partial charge in [-0.15, -0.1) is 0 Å². The van der Waals surface area contributed by atoms with Gasteiger partial charge in [-0.1, -0.05) is 18.2 Å². The SMILES string of the molecule is Cc1ccnc([C@H]2CN(S(=O)(=O)c3ccccc3)CCO2)n1. The highest BCUT2D eigenvalue weighted by atomic mass is 32.2. The van der Waals surface area contributed by atoms with Crippen LogP contribution in [0.1, 0.15) is 17.6 Å². The smallest absolute Gasteiger partial charge is 0.243 e. The average Bonchev–Trinajstić information content (AvgIpc) is 2.56. The van der Waals surface area contributed by atoms with Crippen LogP contribution in [0.3, 0.4) is 0 Å². The van der Waals surface area contributed by atoms with E-state index in [2.05, 4.69) is 9.97 Å². The summed E-state index contributed by atoms with van der Waals surface area (Å²) in [6.45, 7) is 2.75. The minimum absolute atomic E-state index is 0.223. The number of morpholine rings is 1. The van der Waals surface area contributed by atoms with Gasteiger partial charge in [0.25, 0.3) is 0 Å². The quantitative estimate of drug-likeness (QED) is 0.858. The molecule has 6 nitrogen and oxygen atoms in total. The van der Waals surface area contributed by atoms with Crippen LogP contribution in [0.5, 0.6) is 0 Å². The molecule has 1 aromatic carbocycles. The van der Waals surface area contributed by atoms with Gasteiger partial charge in [0.15, 0.2) is 5.82 Å². The number of hydrogen-bond donors (Lipinski definition) is 0. The summed E-state index contributed by atoms with van der Waals surface area (Å²) in [6.07, 6.45) is 1.22. The van der Waals surface area contributed by atoms with Crippen molar-refractivity contribution in [3.05, 3.63) is 54.1 Å². The number of sulfonamides is 1. The maximum absolute atomic E-state index is 12.7. The summed E-state index contributed by atoms with van der Waals surface area (Å²) in [7, 11) is -3.52. The van der Waals surface area contributed by atoms with Gasteiger partial charge in [-0.3, -0.25) is 0 Å². The molecular weight excluding hydrogens is 302 g/mol. The minimum Gasteiger partial charge on any atom is -0.367 e. The Hall–Kier alpha value is -1.83. The van der Waals surface area contributed by atoms with E-state index >= 15 is 0 Å². The Morgan fingerprint density at radius 3 is 2.73 bits per heavy atom. The lowest BCUT2D eigenvalue weighted by atomic mass is 10.3. The first kappa shape index (κ1) is 15.1. The Labute approximate surface area is 129 Å². The molecule has 7 heteroatoms.